The van der Waals surface area contributed by atoms with Crippen molar-refractivity contribution in [3.8, 4) is 0 Å². The number of ether oxygens (including phenoxy) is 1. The van der Waals surface area contributed by atoms with Crippen LogP contribution in [0.25, 0.3) is 0 Å². The van der Waals surface area contributed by atoms with Gasteiger partial charge in [0.25, 0.3) is 0 Å². The lowest BCUT2D eigenvalue weighted by molar-refractivity contribution is -0.116. The molecule has 1 atom stereocenters. The van der Waals surface area contributed by atoms with Gasteiger partial charge in [-0.2, -0.15) is 0 Å². The molecule has 3 heteroatoms. The monoisotopic (exact) mass is 155 g/mol. The smallest absolute Gasteiger partial charge is 0.243 e. The Bertz CT molecular complexity index is 187. The molecule has 1 rings (SSSR count). The van der Waals surface area contributed by atoms with Gasteiger partial charge in [0, 0.05) is 13.1 Å². The van der Waals surface area contributed by atoms with E-state index in [0.29, 0.717) is 0 Å². The maximum absolute atomic E-state index is 10.9. The molecule has 0 aromatic heterocycles. The van der Waals surface area contributed by atoms with Gasteiger partial charge in [-0.05, 0) is 18.9 Å². The topological polar surface area (TPSA) is 38.3 Å². The van der Waals surface area contributed by atoms with Crippen molar-refractivity contribution in [2.24, 2.45) is 0 Å². The Morgan fingerprint density at radius 1 is 1.82 bits per heavy atom. The van der Waals surface area contributed by atoms with Crippen molar-refractivity contribution in [1.29, 1.82) is 0 Å². The van der Waals surface area contributed by atoms with Gasteiger partial charge in [-0.3, -0.25) is 4.79 Å². The minimum absolute atomic E-state index is 0.0441. The zero-order chi connectivity index (χ0) is 8.27. The highest BCUT2D eigenvalue weighted by atomic mass is 16.5. The molecule has 1 aliphatic heterocycles. The number of rotatable bonds is 1. The third kappa shape index (κ3) is 2.05. The van der Waals surface area contributed by atoms with Crippen LogP contribution in [-0.4, -0.2) is 25.7 Å². The molecule has 3 nitrogen and oxygen atoms in total. The lowest BCUT2D eigenvalue weighted by atomic mass is 10.1. The molecule has 62 valence electrons. The summed E-state index contributed by atoms with van der Waals surface area (Å²) in [5.41, 5.74) is 1.09. The van der Waals surface area contributed by atoms with E-state index in [1.807, 2.05) is 6.92 Å². The van der Waals surface area contributed by atoms with Gasteiger partial charge in [-0.1, -0.05) is 0 Å². The average molecular weight is 155 g/mol. The third-order valence-corrected chi connectivity index (χ3v) is 1.84. The molecule has 0 spiro atoms. The first-order valence-electron chi connectivity index (χ1n) is 3.78. The normalized spacial score (nSPS) is 27.5. The van der Waals surface area contributed by atoms with Gasteiger partial charge in [0.1, 0.15) is 0 Å². The number of likely N-dealkylation sites (N-methyl/N-ethyl adjacent to an activating group) is 1. The van der Waals surface area contributed by atoms with Gasteiger partial charge < -0.3 is 10.1 Å². The summed E-state index contributed by atoms with van der Waals surface area (Å²) in [6, 6.07) is 0. The Hall–Kier alpha value is -0.830. The first kappa shape index (κ1) is 8.27. The van der Waals surface area contributed by atoms with Crippen molar-refractivity contribution < 1.29 is 9.53 Å². The number of carbonyl (C=O) groups excluding carboxylic acids is 1. The zero-order valence-corrected chi connectivity index (χ0v) is 6.89. The highest BCUT2D eigenvalue weighted by molar-refractivity contribution is 5.88. The first-order chi connectivity index (χ1) is 5.24. The number of hydrogen-bond acceptors (Lipinski definition) is 2. The van der Waals surface area contributed by atoms with Crippen LogP contribution in [-0.2, 0) is 9.53 Å². The molecule has 0 aromatic carbocycles. The number of carbonyl (C=O) groups is 1. The second kappa shape index (κ2) is 3.53. The summed E-state index contributed by atoms with van der Waals surface area (Å²) in [6.45, 7) is 2.70. The zero-order valence-electron chi connectivity index (χ0n) is 6.89. The fourth-order valence-corrected chi connectivity index (χ4v) is 1.09. The molecular weight excluding hydrogens is 142 g/mol. The van der Waals surface area contributed by atoms with Gasteiger partial charge in [0.2, 0.25) is 5.91 Å². The quantitative estimate of drug-likeness (QED) is 0.559. The molecule has 0 bridgehead atoms. The lowest BCUT2D eigenvalue weighted by Gasteiger charge is -2.02. The Morgan fingerprint density at radius 3 is 3.00 bits per heavy atom. The van der Waals surface area contributed by atoms with Crippen LogP contribution >= 0.6 is 0 Å². The SMILES string of the molecule is CNC(=O)/C=C1/CCOC1C. The average Bonchev–Trinajstić information content (AvgIpc) is 2.37. The number of amides is 1. The van der Waals surface area contributed by atoms with Crippen LogP contribution in [0.1, 0.15) is 13.3 Å². The summed E-state index contributed by atoms with van der Waals surface area (Å²) in [6.07, 6.45) is 2.62. The van der Waals surface area contributed by atoms with Crippen molar-refractivity contribution in [1.82, 2.24) is 5.32 Å². The van der Waals surface area contributed by atoms with E-state index >= 15 is 0 Å². The van der Waals surface area contributed by atoms with Crippen LogP contribution < -0.4 is 5.32 Å². The van der Waals surface area contributed by atoms with Crippen molar-refractivity contribution in [2.45, 2.75) is 19.4 Å². The maximum atomic E-state index is 10.9. The van der Waals surface area contributed by atoms with Crippen molar-refractivity contribution in [3.05, 3.63) is 11.6 Å². The van der Waals surface area contributed by atoms with Gasteiger partial charge in [0.15, 0.2) is 0 Å². The fourth-order valence-electron chi connectivity index (χ4n) is 1.09. The van der Waals surface area contributed by atoms with Crippen LogP contribution in [0, 0.1) is 0 Å². The Kier molecular flexibility index (Phi) is 2.65. The molecule has 0 saturated carbocycles. The van der Waals surface area contributed by atoms with Crippen LogP contribution in [0.4, 0.5) is 0 Å². The molecule has 1 fully saturated rings. The minimum Gasteiger partial charge on any atom is -0.374 e. The van der Waals surface area contributed by atoms with E-state index in [-0.39, 0.29) is 12.0 Å². The molecular formula is C8H13NO2. The van der Waals surface area contributed by atoms with Crippen molar-refractivity contribution in [3.63, 3.8) is 0 Å². The number of nitrogens with one attached hydrogen (secondary N) is 1. The summed E-state index contributed by atoms with van der Waals surface area (Å²) in [5.74, 6) is -0.0441. The lowest BCUT2D eigenvalue weighted by Crippen LogP contribution is -2.16. The summed E-state index contributed by atoms with van der Waals surface area (Å²) in [7, 11) is 1.62. The second-order valence-corrected chi connectivity index (χ2v) is 2.60. The van der Waals surface area contributed by atoms with Crippen molar-refractivity contribution in [2.75, 3.05) is 13.7 Å². The molecule has 0 aromatic rings. The molecule has 1 N–H and O–H groups in total. The molecule has 11 heavy (non-hydrogen) atoms. The van der Waals surface area contributed by atoms with E-state index in [1.165, 1.54) is 0 Å². The largest absolute Gasteiger partial charge is 0.374 e. The summed E-state index contributed by atoms with van der Waals surface area (Å²) < 4.78 is 5.26. The summed E-state index contributed by atoms with van der Waals surface area (Å²) in [4.78, 5) is 10.9. The summed E-state index contributed by atoms with van der Waals surface area (Å²) >= 11 is 0. The van der Waals surface area contributed by atoms with E-state index in [1.54, 1.807) is 13.1 Å². The standard InChI is InChI=1S/C8H13NO2/c1-6-7(3-4-11-6)5-8(10)9-2/h5-6H,3-4H2,1-2H3,(H,9,10)/b7-5-. The van der Waals surface area contributed by atoms with Gasteiger partial charge in [-0.25, -0.2) is 0 Å². The Balaban J connectivity index is 2.57. The van der Waals surface area contributed by atoms with Gasteiger partial charge >= 0.3 is 0 Å². The summed E-state index contributed by atoms with van der Waals surface area (Å²) in [5, 5.41) is 2.54. The molecule has 1 heterocycles. The van der Waals surface area contributed by atoms with E-state index in [2.05, 4.69) is 5.32 Å². The molecule has 1 amide bonds. The minimum atomic E-state index is -0.0441. The molecule has 0 aliphatic carbocycles. The Morgan fingerprint density at radius 2 is 2.55 bits per heavy atom. The van der Waals surface area contributed by atoms with Crippen LogP contribution in [0.5, 0.6) is 0 Å². The molecule has 1 aliphatic rings. The van der Waals surface area contributed by atoms with Crippen molar-refractivity contribution >= 4 is 5.91 Å². The number of hydrogen-bond donors (Lipinski definition) is 1. The van der Waals surface area contributed by atoms with Crippen LogP contribution in [0.2, 0.25) is 0 Å². The highest BCUT2D eigenvalue weighted by Crippen LogP contribution is 2.18. The fraction of sp³-hybridized carbons (Fsp3) is 0.625. The second-order valence-electron chi connectivity index (χ2n) is 2.60. The first-order valence-corrected chi connectivity index (χ1v) is 3.78. The van der Waals surface area contributed by atoms with Crippen LogP contribution in [0.15, 0.2) is 11.6 Å². The van der Waals surface area contributed by atoms with Gasteiger partial charge in [0.05, 0.1) is 12.7 Å². The van der Waals surface area contributed by atoms with Gasteiger partial charge in [-0.15, -0.1) is 0 Å². The maximum Gasteiger partial charge on any atom is 0.243 e. The van der Waals surface area contributed by atoms with E-state index in [0.717, 1.165) is 18.6 Å². The van der Waals surface area contributed by atoms with Crippen LogP contribution in [0.3, 0.4) is 0 Å². The molecule has 0 radical (unpaired) electrons. The van der Waals surface area contributed by atoms with E-state index in [9.17, 15) is 4.79 Å². The third-order valence-electron chi connectivity index (χ3n) is 1.84. The van der Waals surface area contributed by atoms with E-state index in [4.69, 9.17) is 4.74 Å². The van der Waals surface area contributed by atoms with E-state index < -0.39 is 0 Å². The molecule has 1 saturated heterocycles. The predicted molar refractivity (Wildman–Crippen MR) is 42.2 cm³/mol. The molecule has 1 unspecified atom stereocenters. The predicted octanol–water partition coefficient (Wildman–Crippen LogP) is 0.468. The highest BCUT2D eigenvalue weighted by Gasteiger charge is 2.16. The Labute approximate surface area is 66.4 Å².